The molecule has 2 saturated heterocycles. The highest BCUT2D eigenvalue weighted by Crippen LogP contribution is 2.26. The molecule has 3 rings (SSSR count). The minimum absolute atomic E-state index is 0.00838. The van der Waals surface area contributed by atoms with Crippen LogP contribution in [-0.2, 0) is 16.0 Å². The predicted octanol–water partition coefficient (Wildman–Crippen LogP) is 2.92. The van der Waals surface area contributed by atoms with E-state index in [1.54, 1.807) is 0 Å². The maximum Gasteiger partial charge on any atom is 0.161 e. The number of halogens is 1. The lowest BCUT2D eigenvalue weighted by Gasteiger charge is -2.34. The van der Waals surface area contributed by atoms with Gasteiger partial charge in [0.1, 0.15) is 0 Å². The Bertz CT molecular complexity index is 420. The van der Waals surface area contributed by atoms with Crippen molar-refractivity contribution < 1.29 is 9.47 Å². The Morgan fingerprint density at radius 2 is 2.00 bits per heavy atom. The van der Waals surface area contributed by atoms with E-state index in [1.807, 2.05) is 18.2 Å². The number of hydrogen-bond donors (Lipinski definition) is 0. The van der Waals surface area contributed by atoms with Crippen LogP contribution in [0.1, 0.15) is 18.4 Å². The van der Waals surface area contributed by atoms with Crippen molar-refractivity contribution >= 4 is 11.6 Å². The standard InChI is InChI=1S/C15H20ClNO2/c16-14-6-2-1-4-12(14)10-17-7-3-5-13(11-17)15-18-8-9-19-15/h1-2,4,6,13,15H,3,5,7-11H2. The second-order valence-corrected chi connectivity index (χ2v) is 5.75. The molecule has 0 radical (unpaired) electrons. The summed E-state index contributed by atoms with van der Waals surface area (Å²) in [5.74, 6) is 0.499. The molecule has 1 aromatic carbocycles. The maximum atomic E-state index is 6.23. The van der Waals surface area contributed by atoms with Gasteiger partial charge in [0.05, 0.1) is 13.2 Å². The highest BCUT2D eigenvalue weighted by molar-refractivity contribution is 6.31. The van der Waals surface area contributed by atoms with Gasteiger partial charge in [-0.1, -0.05) is 29.8 Å². The second kappa shape index (κ2) is 6.23. The first-order valence-corrected chi connectivity index (χ1v) is 7.40. The number of rotatable bonds is 3. The van der Waals surface area contributed by atoms with Crippen LogP contribution in [0.4, 0.5) is 0 Å². The molecule has 0 saturated carbocycles. The molecule has 1 aromatic rings. The van der Waals surface area contributed by atoms with Gasteiger partial charge >= 0.3 is 0 Å². The van der Waals surface area contributed by atoms with Crippen molar-refractivity contribution in [3.8, 4) is 0 Å². The maximum absolute atomic E-state index is 6.23. The molecule has 19 heavy (non-hydrogen) atoms. The molecule has 0 spiro atoms. The summed E-state index contributed by atoms with van der Waals surface area (Å²) < 4.78 is 11.3. The lowest BCUT2D eigenvalue weighted by atomic mass is 9.97. The van der Waals surface area contributed by atoms with Gasteiger partial charge in [-0.25, -0.2) is 0 Å². The number of benzene rings is 1. The third-order valence-corrected chi connectivity index (χ3v) is 4.29. The molecule has 1 atom stereocenters. The predicted molar refractivity (Wildman–Crippen MR) is 75.1 cm³/mol. The molecular weight excluding hydrogens is 262 g/mol. The van der Waals surface area contributed by atoms with Crippen molar-refractivity contribution in [2.24, 2.45) is 5.92 Å². The van der Waals surface area contributed by atoms with Crippen LogP contribution in [0.25, 0.3) is 0 Å². The van der Waals surface area contributed by atoms with E-state index in [9.17, 15) is 0 Å². The molecule has 0 amide bonds. The zero-order valence-corrected chi connectivity index (χ0v) is 11.8. The average Bonchev–Trinajstić information content (AvgIpc) is 2.96. The lowest BCUT2D eigenvalue weighted by molar-refractivity contribution is -0.101. The van der Waals surface area contributed by atoms with Gasteiger partial charge in [-0.05, 0) is 31.0 Å². The van der Waals surface area contributed by atoms with Crippen molar-refractivity contribution in [3.05, 3.63) is 34.9 Å². The third kappa shape index (κ3) is 3.29. The van der Waals surface area contributed by atoms with Crippen molar-refractivity contribution in [1.29, 1.82) is 0 Å². The summed E-state index contributed by atoms with van der Waals surface area (Å²) in [6, 6.07) is 8.09. The summed E-state index contributed by atoms with van der Waals surface area (Å²) in [5, 5.41) is 0.859. The molecule has 0 aromatic heterocycles. The molecular formula is C15H20ClNO2. The van der Waals surface area contributed by atoms with Crippen molar-refractivity contribution in [3.63, 3.8) is 0 Å². The van der Waals surface area contributed by atoms with Crippen LogP contribution < -0.4 is 0 Å². The highest BCUT2D eigenvalue weighted by atomic mass is 35.5. The van der Waals surface area contributed by atoms with E-state index in [0.717, 1.165) is 37.9 Å². The molecule has 2 heterocycles. The summed E-state index contributed by atoms with van der Waals surface area (Å²) in [6.07, 6.45) is 2.41. The van der Waals surface area contributed by atoms with E-state index in [-0.39, 0.29) is 6.29 Å². The second-order valence-electron chi connectivity index (χ2n) is 5.34. The Kier molecular flexibility index (Phi) is 4.38. The van der Waals surface area contributed by atoms with E-state index < -0.39 is 0 Å². The topological polar surface area (TPSA) is 21.7 Å². The Hall–Kier alpha value is -0.610. The number of nitrogens with zero attached hydrogens (tertiary/aromatic N) is 1. The molecule has 0 bridgehead atoms. The lowest BCUT2D eigenvalue weighted by Crippen LogP contribution is -2.40. The van der Waals surface area contributed by atoms with Crippen LogP contribution in [0, 0.1) is 5.92 Å². The Labute approximate surface area is 119 Å². The van der Waals surface area contributed by atoms with E-state index in [2.05, 4.69) is 11.0 Å². The minimum Gasteiger partial charge on any atom is -0.350 e. The van der Waals surface area contributed by atoms with Gasteiger partial charge in [0.25, 0.3) is 0 Å². The molecule has 104 valence electrons. The summed E-state index contributed by atoms with van der Waals surface area (Å²) in [4.78, 5) is 2.46. The van der Waals surface area contributed by atoms with Crippen molar-refractivity contribution in [2.45, 2.75) is 25.7 Å². The fourth-order valence-corrected chi connectivity index (χ4v) is 3.17. The van der Waals surface area contributed by atoms with Gasteiger partial charge < -0.3 is 9.47 Å². The minimum atomic E-state index is 0.00838. The van der Waals surface area contributed by atoms with Crippen molar-refractivity contribution in [1.82, 2.24) is 4.90 Å². The molecule has 2 fully saturated rings. The van der Waals surface area contributed by atoms with Gasteiger partial charge in [0.2, 0.25) is 0 Å². The molecule has 3 nitrogen and oxygen atoms in total. The average molecular weight is 282 g/mol. The zero-order valence-electron chi connectivity index (χ0n) is 11.1. The van der Waals surface area contributed by atoms with Crippen LogP contribution in [-0.4, -0.2) is 37.5 Å². The van der Waals surface area contributed by atoms with E-state index in [1.165, 1.54) is 18.4 Å². The summed E-state index contributed by atoms with van der Waals surface area (Å²) in [7, 11) is 0. The molecule has 1 unspecified atom stereocenters. The highest BCUT2D eigenvalue weighted by Gasteiger charge is 2.31. The van der Waals surface area contributed by atoms with Gasteiger partial charge in [0.15, 0.2) is 6.29 Å². The first-order chi connectivity index (χ1) is 9.33. The molecule has 0 N–H and O–H groups in total. The Morgan fingerprint density at radius 3 is 2.79 bits per heavy atom. The largest absolute Gasteiger partial charge is 0.350 e. The summed E-state index contributed by atoms with van der Waals surface area (Å²) in [6.45, 7) is 4.57. The smallest absolute Gasteiger partial charge is 0.161 e. The van der Waals surface area contributed by atoms with Gasteiger partial charge in [-0.2, -0.15) is 0 Å². The normalized spacial score (nSPS) is 25.8. The quantitative estimate of drug-likeness (QED) is 0.850. The number of hydrogen-bond acceptors (Lipinski definition) is 3. The fourth-order valence-electron chi connectivity index (χ4n) is 2.97. The Morgan fingerprint density at radius 1 is 1.21 bits per heavy atom. The first kappa shape index (κ1) is 13.4. The molecule has 2 aliphatic heterocycles. The van der Waals surface area contributed by atoms with Gasteiger partial charge in [-0.15, -0.1) is 0 Å². The number of likely N-dealkylation sites (tertiary alicyclic amines) is 1. The van der Waals surface area contributed by atoms with Gasteiger partial charge in [-0.3, -0.25) is 4.90 Å². The number of piperidine rings is 1. The van der Waals surface area contributed by atoms with Crippen LogP contribution in [0.15, 0.2) is 24.3 Å². The molecule has 0 aliphatic carbocycles. The van der Waals surface area contributed by atoms with E-state index in [0.29, 0.717) is 5.92 Å². The Balaban J connectivity index is 1.60. The fraction of sp³-hybridized carbons (Fsp3) is 0.600. The van der Waals surface area contributed by atoms with Crippen LogP contribution in [0.2, 0.25) is 5.02 Å². The van der Waals surface area contributed by atoms with Crippen LogP contribution in [0.3, 0.4) is 0 Å². The zero-order chi connectivity index (χ0) is 13.1. The van der Waals surface area contributed by atoms with Crippen LogP contribution in [0.5, 0.6) is 0 Å². The third-order valence-electron chi connectivity index (χ3n) is 3.93. The van der Waals surface area contributed by atoms with Crippen molar-refractivity contribution in [2.75, 3.05) is 26.3 Å². The summed E-state index contributed by atoms with van der Waals surface area (Å²) in [5.41, 5.74) is 1.21. The SMILES string of the molecule is Clc1ccccc1CN1CCCC(C2OCCO2)C1. The van der Waals surface area contributed by atoms with Gasteiger partial charge in [0, 0.05) is 24.0 Å². The summed E-state index contributed by atoms with van der Waals surface area (Å²) >= 11 is 6.23. The monoisotopic (exact) mass is 281 g/mol. The van der Waals surface area contributed by atoms with E-state index >= 15 is 0 Å². The molecule has 4 heteroatoms. The van der Waals surface area contributed by atoms with E-state index in [4.69, 9.17) is 21.1 Å². The first-order valence-electron chi connectivity index (χ1n) is 7.02. The molecule has 2 aliphatic rings. The van der Waals surface area contributed by atoms with Crippen LogP contribution >= 0.6 is 11.6 Å². The number of ether oxygens (including phenoxy) is 2.